The third kappa shape index (κ3) is 1.79. The molecule has 1 atom stereocenters. The minimum Gasteiger partial charge on any atom is -0.379 e. The normalized spacial score (nSPS) is 35.0. The van der Waals surface area contributed by atoms with Gasteiger partial charge >= 0.3 is 0 Å². The van der Waals surface area contributed by atoms with Crippen LogP contribution in [0, 0.1) is 0 Å². The van der Waals surface area contributed by atoms with Gasteiger partial charge in [-0.25, -0.2) is 0 Å². The van der Waals surface area contributed by atoms with Gasteiger partial charge in [0.15, 0.2) is 0 Å². The molecular weight excluding hydrogens is 154 g/mol. The van der Waals surface area contributed by atoms with Crippen LogP contribution in [0.3, 0.4) is 0 Å². The molecule has 0 aromatic carbocycles. The van der Waals surface area contributed by atoms with E-state index in [9.17, 15) is 0 Å². The maximum atomic E-state index is 5.52. The van der Waals surface area contributed by atoms with Gasteiger partial charge in [-0.1, -0.05) is 0 Å². The molecule has 2 aliphatic rings. The van der Waals surface area contributed by atoms with Gasteiger partial charge in [0.1, 0.15) is 0 Å². The molecule has 2 rings (SSSR count). The van der Waals surface area contributed by atoms with Gasteiger partial charge in [-0.15, -0.1) is 0 Å². The van der Waals surface area contributed by atoms with Gasteiger partial charge in [-0.3, -0.25) is 4.90 Å². The summed E-state index contributed by atoms with van der Waals surface area (Å²) in [5, 5.41) is 0. The summed E-state index contributed by atoms with van der Waals surface area (Å²) in [5.74, 6) is 0. The fraction of sp³-hybridized carbons (Fsp3) is 1.00. The minimum absolute atomic E-state index is 0.137. The molecule has 12 heavy (non-hydrogen) atoms. The molecule has 3 nitrogen and oxygen atoms in total. The zero-order valence-corrected chi connectivity index (χ0v) is 7.88. The summed E-state index contributed by atoms with van der Waals surface area (Å²) >= 11 is 0. The van der Waals surface area contributed by atoms with E-state index in [0.29, 0.717) is 6.10 Å². The van der Waals surface area contributed by atoms with E-state index in [1.807, 2.05) is 0 Å². The van der Waals surface area contributed by atoms with Crippen molar-refractivity contribution >= 4 is 0 Å². The molecule has 0 saturated carbocycles. The van der Waals surface area contributed by atoms with Crippen LogP contribution < -0.4 is 0 Å². The van der Waals surface area contributed by atoms with Crippen molar-refractivity contribution in [1.82, 2.24) is 4.90 Å². The van der Waals surface area contributed by atoms with Gasteiger partial charge in [0.25, 0.3) is 0 Å². The fourth-order valence-electron chi connectivity index (χ4n) is 1.61. The molecule has 70 valence electrons. The average Bonchev–Trinajstić information content (AvgIpc) is 2.61. The summed E-state index contributed by atoms with van der Waals surface area (Å²) in [6, 6.07) is 0. The fourth-order valence-corrected chi connectivity index (χ4v) is 1.61. The Morgan fingerprint density at radius 3 is 2.42 bits per heavy atom. The summed E-state index contributed by atoms with van der Waals surface area (Å²) in [6.45, 7) is 9.28. The van der Waals surface area contributed by atoms with E-state index >= 15 is 0 Å². The zero-order chi connectivity index (χ0) is 8.60. The zero-order valence-electron chi connectivity index (χ0n) is 7.88. The smallest absolute Gasteiger partial charge is 0.0994 e. The average molecular weight is 171 g/mol. The second-order valence-corrected chi connectivity index (χ2v) is 4.12. The largest absolute Gasteiger partial charge is 0.379 e. The van der Waals surface area contributed by atoms with Crippen LogP contribution in [-0.4, -0.2) is 49.5 Å². The molecule has 0 bridgehead atoms. The number of hydrogen-bond acceptors (Lipinski definition) is 3. The van der Waals surface area contributed by atoms with E-state index in [1.54, 1.807) is 0 Å². The molecule has 2 aliphatic heterocycles. The van der Waals surface area contributed by atoms with E-state index < -0.39 is 0 Å². The quantitative estimate of drug-likeness (QED) is 0.565. The maximum Gasteiger partial charge on any atom is 0.0994 e. The van der Waals surface area contributed by atoms with Crippen molar-refractivity contribution in [3.05, 3.63) is 0 Å². The van der Waals surface area contributed by atoms with Gasteiger partial charge < -0.3 is 9.47 Å². The molecule has 0 amide bonds. The number of rotatable bonds is 2. The highest BCUT2D eigenvalue weighted by Gasteiger charge is 2.48. The predicted octanol–water partition coefficient (Wildman–Crippen LogP) is 0.496. The summed E-state index contributed by atoms with van der Waals surface area (Å²) in [7, 11) is 0. The molecule has 0 aromatic rings. The molecule has 0 unspecified atom stereocenters. The van der Waals surface area contributed by atoms with Crippen molar-refractivity contribution in [3.63, 3.8) is 0 Å². The first-order chi connectivity index (χ1) is 5.68. The van der Waals surface area contributed by atoms with Crippen molar-refractivity contribution in [2.75, 3.05) is 32.8 Å². The number of ether oxygens (including phenoxy) is 2. The number of hydrogen-bond donors (Lipinski definition) is 0. The Hall–Kier alpha value is -0.120. The summed E-state index contributed by atoms with van der Waals surface area (Å²) < 4.78 is 10.8. The lowest BCUT2D eigenvalue weighted by Crippen LogP contribution is -2.39. The van der Waals surface area contributed by atoms with Crippen LogP contribution in [0.15, 0.2) is 0 Å². The topological polar surface area (TPSA) is 25.0 Å². The van der Waals surface area contributed by atoms with E-state index in [4.69, 9.17) is 9.47 Å². The van der Waals surface area contributed by atoms with Gasteiger partial charge in [0, 0.05) is 19.6 Å². The molecule has 2 heterocycles. The van der Waals surface area contributed by atoms with Crippen molar-refractivity contribution in [2.24, 2.45) is 0 Å². The highest BCUT2D eigenvalue weighted by atomic mass is 16.6. The second kappa shape index (κ2) is 2.98. The van der Waals surface area contributed by atoms with Gasteiger partial charge in [0.2, 0.25) is 0 Å². The van der Waals surface area contributed by atoms with E-state index in [0.717, 1.165) is 32.8 Å². The lowest BCUT2D eigenvalue weighted by molar-refractivity contribution is 0.0349. The first-order valence-electron chi connectivity index (χ1n) is 4.66. The second-order valence-electron chi connectivity index (χ2n) is 4.12. The molecule has 0 N–H and O–H groups in total. The van der Waals surface area contributed by atoms with Gasteiger partial charge in [-0.2, -0.15) is 0 Å². The molecule has 0 radical (unpaired) electrons. The Bertz CT molecular complexity index is 164. The lowest BCUT2D eigenvalue weighted by atomic mass is 10.1. The molecule has 0 spiro atoms. The third-order valence-corrected chi connectivity index (χ3v) is 2.69. The van der Waals surface area contributed by atoms with Crippen LogP contribution >= 0.6 is 0 Å². The van der Waals surface area contributed by atoms with Crippen molar-refractivity contribution < 1.29 is 9.47 Å². The third-order valence-electron chi connectivity index (χ3n) is 2.69. The first kappa shape index (κ1) is 8.48. The minimum atomic E-state index is 0.137. The number of morpholine rings is 1. The summed E-state index contributed by atoms with van der Waals surface area (Å²) in [4.78, 5) is 2.42. The van der Waals surface area contributed by atoms with Gasteiger partial charge in [-0.05, 0) is 13.8 Å². The summed E-state index contributed by atoms with van der Waals surface area (Å²) in [5.41, 5.74) is 0.137. The van der Waals surface area contributed by atoms with Crippen LogP contribution in [0.2, 0.25) is 0 Å². The van der Waals surface area contributed by atoms with Gasteiger partial charge in [0.05, 0.1) is 24.9 Å². The summed E-state index contributed by atoms with van der Waals surface area (Å²) in [6.07, 6.45) is 0.454. The highest BCUT2D eigenvalue weighted by Crippen LogP contribution is 2.35. The van der Waals surface area contributed by atoms with E-state index in [2.05, 4.69) is 18.7 Å². The SMILES string of the molecule is CC1(C)O[C@@H]1CN1CCOCC1. The molecule has 0 aromatic heterocycles. The van der Waals surface area contributed by atoms with Crippen LogP contribution in [0.5, 0.6) is 0 Å². The van der Waals surface area contributed by atoms with Crippen LogP contribution in [0.4, 0.5) is 0 Å². The Morgan fingerprint density at radius 2 is 1.92 bits per heavy atom. The van der Waals surface area contributed by atoms with Crippen molar-refractivity contribution in [1.29, 1.82) is 0 Å². The highest BCUT2D eigenvalue weighted by molar-refractivity contribution is 4.96. The molecule has 2 fully saturated rings. The Labute approximate surface area is 73.6 Å². The van der Waals surface area contributed by atoms with Crippen LogP contribution in [0.1, 0.15) is 13.8 Å². The Balaban J connectivity index is 1.73. The lowest BCUT2D eigenvalue weighted by Gasteiger charge is -2.25. The Morgan fingerprint density at radius 1 is 1.33 bits per heavy atom. The predicted molar refractivity (Wildman–Crippen MR) is 46.2 cm³/mol. The monoisotopic (exact) mass is 171 g/mol. The van der Waals surface area contributed by atoms with Crippen LogP contribution in [-0.2, 0) is 9.47 Å². The molecule has 3 heteroatoms. The van der Waals surface area contributed by atoms with Crippen LogP contribution in [0.25, 0.3) is 0 Å². The van der Waals surface area contributed by atoms with E-state index in [1.165, 1.54) is 0 Å². The standard InChI is InChI=1S/C9H17NO2/c1-9(2)8(12-9)7-10-3-5-11-6-4-10/h8H,3-7H2,1-2H3/t8-/m1/s1. The number of epoxide rings is 1. The Kier molecular flexibility index (Phi) is 2.10. The molecular formula is C9H17NO2. The number of nitrogens with zero attached hydrogens (tertiary/aromatic N) is 1. The van der Waals surface area contributed by atoms with Crippen molar-refractivity contribution in [3.8, 4) is 0 Å². The maximum absolute atomic E-state index is 5.52. The molecule has 0 aliphatic carbocycles. The van der Waals surface area contributed by atoms with Crippen molar-refractivity contribution in [2.45, 2.75) is 25.6 Å². The van der Waals surface area contributed by atoms with E-state index in [-0.39, 0.29) is 5.60 Å². The first-order valence-corrected chi connectivity index (χ1v) is 4.66. The molecule has 2 saturated heterocycles.